The van der Waals surface area contributed by atoms with Gasteiger partial charge in [0.2, 0.25) is 10.0 Å². The fourth-order valence-corrected chi connectivity index (χ4v) is 2.25. The highest BCUT2D eigenvalue weighted by atomic mass is 32.2. The Labute approximate surface area is 96.0 Å². The monoisotopic (exact) mass is 238 g/mol. The SMILES string of the molecule is Cc1ccc(S(=O)(=O)NCCCC#N)cc1. The van der Waals surface area contributed by atoms with Gasteiger partial charge in [0.25, 0.3) is 0 Å². The van der Waals surface area contributed by atoms with Crippen molar-refractivity contribution < 1.29 is 8.42 Å². The molecule has 0 amide bonds. The third-order valence-electron chi connectivity index (χ3n) is 2.09. The van der Waals surface area contributed by atoms with E-state index in [2.05, 4.69) is 4.72 Å². The second-order valence-corrected chi connectivity index (χ2v) is 5.24. The molecule has 1 rings (SSSR count). The molecule has 0 fully saturated rings. The van der Waals surface area contributed by atoms with E-state index in [4.69, 9.17) is 5.26 Å². The maximum absolute atomic E-state index is 11.7. The molecule has 4 nitrogen and oxygen atoms in total. The molecule has 0 unspecified atom stereocenters. The van der Waals surface area contributed by atoms with Crippen LogP contribution in [0.15, 0.2) is 29.2 Å². The summed E-state index contributed by atoms with van der Waals surface area (Å²) in [7, 11) is -3.42. The van der Waals surface area contributed by atoms with E-state index in [1.807, 2.05) is 13.0 Å². The molecule has 1 aromatic carbocycles. The highest BCUT2D eigenvalue weighted by Crippen LogP contribution is 2.09. The van der Waals surface area contributed by atoms with Crippen LogP contribution in [0.2, 0.25) is 0 Å². The topological polar surface area (TPSA) is 70.0 Å². The molecule has 1 N–H and O–H groups in total. The number of aryl methyl sites for hydroxylation is 1. The van der Waals surface area contributed by atoms with E-state index in [1.54, 1.807) is 24.3 Å². The third kappa shape index (κ3) is 3.65. The van der Waals surface area contributed by atoms with E-state index in [0.717, 1.165) is 5.56 Å². The summed E-state index contributed by atoms with van der Waals surface area (Å²) in [6, 6.07) is 8.62. The van der Waals surface area contributed by atoms with Gasteiger partial charge in [-0.25, -0.2) is 13.1 Å². The van der Waals surface area contributed by atoms with E-state index >= 15 is 0 Å². The van der Waals surface area contributed by atoms with Crippen molar-refractivity contribution >= 4 is 10.0 Å². The van der Waals surface area contributed by atoms with Crippen LogP contribution in [0.1, 0.15) is 18.4 Å². The molecule has 0 radical (unpaired) electrons. The zero-order chi connectivity index (χ0) is 12.0. The van der Waals surface area contributed by atoms with Gasteiger partial charge in [-0.05, 0) is 25.5 Å². The number of benzene rings is 1. The van der Waals surface area contributed by atoms with Crippen LogP contribution in [0, 0.1) is 18.3 Å². The zero-order valence-corrected chi connectivity index (χ0v) is 9.92. The summed E-state index contributed by atoms with van der Waals surface area (Å²) in [6.45, 7) is 2.19. The quantitative estimate of drug-likeness (QED) is 0.792. The molecule has 0 aromatic heterocycles. The lowest BCUT2D eigenvalue weighted by molar-refractivity contribution is 0.579. The van der Waals surface area contributed by atoms with Gasteiger partial charge in [-0.1, -0.05) is 17.7 Å². The Balaban J connectivity index is 2.64. The Morgan fingerprint density at radius 1 is 1.31 bits per heavy atom. The minimum atomic E-state index is -3.42. The van der Waals surface area contributed by atoms with Gasteiger partial charge < -0.3 is 0 Å². The van der Waals surface area contributed by atoms with Crippen LogP contribution in [-0.2, 0) is 10.0 Å². The highest BCUT2D eigenvalue weighted by Gasteiger charge is 2.11. The number of nitriles is 1. The summed E-state index contributed by atoms with van der Waals surface area (Å²) >= 11 is 0. The number of nitrogens with zero attached hydrogens (tertiary/aromatic N) is 1. The highest BCUT2D eigenvalue weighted by molar-refractivity contribution is 7.89. The normalized spacial score (nSPS) is 11.0. The largest absolute Gasteiger partial charge is 0.240 e. The molecule has 0 bridgehead atoms. The first-order valence-electron chi connectivity index (χ1n) is 4.99. The van der Waals surface area contributed by atoms with Gasteiger partial charge in [-0.2, -0.15) is 5.26 Å². The van der Waals surface area contributed by atoms with Crippen molar-refractivity contribution in [3.8, 4) is 6.07 Å². The molecular formula is C11H14N2O2S. The van der Waals surface area contributed by atoms with E-state index in [-0.39, 0.29) is 4.90 Å². The Bertz CT molecular complexity index is 472. The molecule has 0 saturated heterocycles. The van der Waals surface area contributed by atoms with Crippen LogP contribution in [0.25, 0.3) is 0 Å². The van der Waals surface area contributed by atoms with Gasteiger partial charge in [-0.3, -0.25) is 0 Å². The summed E-state index contributed by atoms with van der Waals surface area (Å²) in [6.07, 6.45) is 0.887. The minimum Gasteiger partial charge on any atom is -0.211 e. The summed E-state index contributed by atoms with van der Waals surface area (Å²) in [5, 5.41) is 8.32. The predicted molar refractivity (Wildman–Crippen MR) is 61.2 cm³/mol. The number of hydrogen-bond acceptors (Lipinski definition) is 3. The second-order valence-electron chi connectivity index (χ2n) is 3.47. The van der Waals surface area contributed by atoms with Crippen molar-refractivity contribution in [3.63, 3.8) is 0 Å². The van der Waals surface area contributed by atoms with Gasteiger partial charge in [0, 0.05) is 13.0 Å². The van der Waals surface area contributed by atoms with Crippen molar-refractivity contribution in [2.75, 3.05) is 6.54 Å². The average Bonchev–Trinajstić information content (AvgIpc) is 2.25. The smallest absolute Gasteiger partial charge is 0.211 e. The molecule has 0 aliphatic rings. The Hall–Kier alpha value is -1.38. The lowest BCUT2D eigenvalue weighted by atomic mass is 10.2. The molecule has 5 heteroatoms. The molecule has 0 atom stereocenters. The van der Waals surface area contributed by atoms with Crippen molar-refractivity contribution in [1.82, 2.24) is 4.72 Å². The lowest BCUT2D eigenvalue weighted by Gasteiger charge is -2.05. The van der Waals surface area contributed by atoms with Gasteiger partial charge in [0.15, 0.2) is 0 Å². The van der Waals surface area contributed by atoms with Crippen molar-refractivity contribution in [3.05, 3.63) is 29.8 Å². The van der Waals surface area contributed by atoms with Crippen LogP contribution < -0.4 is 4.72 Å². The molecule has 0 saturated carbocycles. The predicted octanol–water partition coefficient (Wildman–Crippen LogP) is 1.58. The zero-order valence-electron chi connectivity index (χ0n) is 9.10. The van der Waals surface area contributed by atoms with Gasteiger partial charge in [0.05, 0.1) is 11.0 Å². The fraction of sp³-hybridized carbons (Fsp3) is 0.364. The van der Waals surface area contributed by atoms with E-state index in [1.165, 1.54) is 0 Å². The van der Waals surface area contributed by atoms with Gasteiger partial charge in [-0.15, -0.1) is 0 Å². The maximum Gasteiger partial charge on any atom is 0.240 e. The van der Waals surface area contributed by atoms with Crippen LogP contribution in [-0.4, -0.2) is 15.0 Å². The first kappa shape index (κ1) is 12.7. The van der Waals surface area contributed by atoms with Crippen molar-refractivity contribution in [2.24, 2.45) is 0 Å². The van der Waals surface area contributed by atoms with Crippen LogP contribution >= 0.6 is 0 Å². The number of rotatable bonds is 5. The Morgan fingerprint density at radius 3 is 2.50 bits per heavy atom. The molecule has 0 spiro atoms. The molecule has 1 aromatic rings. The first-order chi connectivity index (χ1) is 7.56. The number of hydrogen-bond donors (Lipinski definition) is 1. The maximum atomic E-state index is 11.7. The average molecular weight is 238 g/mol. The lowest BCUT2D eigenvalue weighted by Crippen LogP contribution is -2.24. The van der Waals surface area contributed by atoms with Gasteiger partial charge >= 0.3 is 0 Å². The van der Waals surface area contributed by atoms with Crippen molar-refractivity contribution in [1.29, 1.82) is 5.26 Å². The van der Waals surface area contributed by atoms with Gasteiger partial charge in [0.1, 0.15) is 0 Å². The number of nitrogens with one attached hydrogen (secondary N) is 1. The van der Waals surface area contributed by atoms with Crippen LogP contribution in [0.5, 0.6) is 0 Å². The minimum absolute atomic E-state index is 0.259. The summed E-state index contributed by atoms with van der Waals surface area (Å²) < 4.78 is 25.9. The Kier molecular flexibility index (Phi) is 4.47. The molecule has 0 heterocycles. The van der Waals surface area contributed by atoms with E-state index in [9.17, 15) is 8.42 Å². The summed E-state index contributed by atoms with van der Waals surface area (Å²) in [5.74, 6) is 0. The second kappa shape index (κ2) is 5.64. The van der Waals surface area contributed by atoms with Crippen LogP contribution in [0.3, 0.4) is 0 Å². The number of unbranched alkanes of at least 4 members (excludes halogenated alkanes) is 1. The van der Waals surface area contributed by atoms with E-state index in [0.29, 0.717) is 19.4 Å². The summed E-state index contributed by atoms with van der Waals surface area (Å²) in [4.78, 5) is 0.259. The number of sulfonamides is 1. The summed E-state index contributed by atoms with van der Waals surface area (Å²) in [5.41, 5.74) is 1.02. The van der Waals surface area contributed by atoms with E-state index < -0.39 is 10.0 Å². The first-order valence-corrected chi connectivity index (χ1v) is 6.48. The molecule has 86 valence electrons. The fourth-order valence-electron chi connectivity index (χ4n) is 1.17. The van der Waals surface area contributed by atoms with Crippen LogP contribution in [0.4, 0.5) is 0 Å². The third-order valence-corrected chi connectivity index (χ3v) is 3.57. The standard InChI is InChI=1S/C11H14N2O2S/c1-10-4-6-11(7-5-10)16(14,15)13-9-3-2-8-12/h4-7,13H,2-3,9H2,1H3. The Morgan fingerprint density at radius 2 is 1.94 bits per heavy atom. The van der Waals surface area contributed by atoms with Crippen molar-refractivity contribution in [2.45, 2.75) is 24.7 Å². The molecule has 0 aliphatic carbocycles. The molecular weight excluding hydrogens is 224 g/mol. The molecule has 16 heavy (non-hydrogen) atoms. The molecule has 0 aliphatic heterocycles.